The molecule has 0 aromatic heterocycles. The molecule has 1 aliphatic heterocycles. The molecule has 5 nitrogen and oxygen atoms in total. The van der Waals surface area contributed by atoms with Gasteiger partial charge in [-0.1, -0.05) is 0 Å². The molecule has 1 aliphatic rings. The van der Waals surface area contributed by atoms with Crippen LogP contribution in [0.3, 0.4) is 0 Å². The Labute approximate surface area is 99.8 Å². The van der Waals surface area contributed by atoms with Crippen molar-refractivity contribution < 1.29 is 14.6 Å². The van der Waals surface area contributed by atoms with E-state index in [1.165, 1.54) is 13.2 Å². The maximum atomic E-state index is 11.8. The predicted molar refractivity (Wildman–Crippen MR) is 64.3 cm³/mol. The summed E-state index contributed by atoms with van der Waals surface area (Å²) in [4.78, 5) is 11.8. The lowest BCUT2D eigenvalue weighted by molar-refractivity contribution is -0.117. The van der Waals surface area contributed by atoms with Crippen molar-refractivity contribution in [3.05, 3.63) is 18.2 Å². The Bertz CT molecular complexity index is 414. The number of hydrogen-bond acceptors (Lipinski definition) is 4. The summed E-state index contributed by atoms with van der Waals surface area (Å²) in [5, 5.41) is 15.4. The Morgan fingerprint density at radius 2 is 2.41 bits per heavy atom. The third-order valence-electron chi connectivity index (χ3n) is 2.84. The molecule has 0 unspecified atom stereocenters. The number of benzene rings is 1. The van der Waals surface area contributed by atoms with Gasteiger partial charge in [0.05, 0.1) is 18.8 Å². The first-order valence-corrected chi connectivity index (χ1v) is 5.62. The van der Waals surface area contributed by atoms with Gasteiger partial charge in [-0.05, 0) is 31.5 Å². The first-order chi connectivity index (χ1) is 8.20. The van der Waals surface area contributed by atoms with Crippen LogP contribution in [0.25, 0.3) is 0 Å². The molecule has 17 heavy (non-hydrogen) atoms. The molecule has 92 valence electrons. The highest BCUT2D eigenvalue weighted by Gasteiger charge is 2.22. The Kier molecular flexibility index (Phi) is 3.49. The zero-order chi connectivity index (χ0) is 12.3. The van der Waals surface area contributed by atoms with E-state index in [1.807, 2.05) is 0 Å². The number of carbonyl (C=O) groups excluding carboxylic acids is 1. The monoisotopic (exact) mass is 236 g/mol. The van der Waals surface area contributed by atoms with E-state index in [0.717, 1.165) is 19.4 Å². The quantitative estimate of drug-likeness (QED) is 0.687. The van der Waals surface area contributed by atoms with Crippen LogP contribution in [0.4, 0.5) is 5.69 Å². The maximum Gasteiger partial charge on any atom is 0.241 e. The van der Waals surface area contributed by atoms with E-state index in [1.54, 1.807) is 12.1 Å². The number of nitrogens with one attached hydrogen (secondary N) is 2. The molecule has 1 atom stereocenters. The average molecular weight is 236 g/mol. The second kappa shape index (κ2) is 5.05. The Hall–Kier alpha value is -1.75. The van der Waals surface area contributed by atoms with Crippen molar-refractivity contribution in [3.63, 3.8) is 0 Å². The van der Waals surface area contributed by atoms with Gasteiger partial charge in [0.1, 0.15) is 11.5 Å². The molecule has 0 saturated carbocycles. The van der Waals surface area contributed by atoms with Gasteiger partial charge in [0.2, 0.25) is 5.91 Å². The molecule has 2 rings (SSSR count). The van der Waals surface area contributed by atoms with Gasteiger partial charge in [0.25, 0.3) is 0 Å². The lowest BCUT2D eigenvalue weighted by Crippen LogP contribution is -2.35. The van der Waals surface area contributed by atoms with Crippen molar-refractivity contribution in [1.82, 2.24) is 5.32 Å². The van der Waals surface area contributed by atoms with E-state index in [9.17, 15) is 9.90 Å². The van der Waals surface area contributed by atoms with Crippen LogP contribution in [0.1, 0.15) is 12.8 Å². The van der Waals surface area contributed by atoms with Crippen LogP contribution in [-0.2, 0) is 4.79 Å². The summed E-state index contributed by atoms with van der Waals surface area (Å²) in [5.74, 6) is 0.515. The third-order valence-corrected chi connectivity index (χ3v) is 2.84. The van der Waals surface area contributed by atoms with Crippen LogP contribution in [0, 0.1) is 0 Å². The summed E-state index contributed by atoms with van der Waals surface area (Å²) in [6, 6.07) is 4.57. The van der Waals surface area contributed by atoms with Gasteiger partial charge in [-0.3, -0.25) is 4.79 Å². The molecule has 3 N–H and O–H groups in total. The summed E-state index contributed by atoms with van der Waals surface area (Å²) < 4.78 is 5.04. The average Bonchev–Trinajstić information content (AvgIpc) is 2.85. The van der Waals surface area contributed by atoms with Gasteiger partial charge < -0.3 is 20.5 Å². The van der Waals surface area contributed by atoms with Gasteiger partial charge in [-0.2, -0.15) is 0 Å². The zero-order valence-corrected chi connectivity index (χ0v) is 9.69. The van der Waals surface area contributed by atoms with Gasteiger partial charge in [-0.25, -0.2) is 0 Å². The fraction of sp³-hybridized carbons (Fsp3) is 0.417. The van der Waals surface area contributed by atoms with Crippen molar-refractivity contribution in [2.24, 2.45) is 0 Å². The predicted octanol–water partition coefficient (Wildman–Crippen LogP) is 1.09. The Balaban J connectivity index is 2.09. The summed E-state index contributed by atoms with van der Waals surface area (Å²) in [6.07, 6.45) is 1.83. The largest absolute Gasteiger partial charge is 0.506 e. The summed E-state index contributed by atoms with van der Waals surface area (Å²) in [7, 11) is 1.54. The lowest BCUT2D eigenvalue weighted by atomic mass is 10.2. The fourth-order valence-electron chi connectivity index (χ4n) is 1.87. The van der Waals surface area contributed by atoms with E-state index < -0.39 is 0 Å². The Morgan fingerprint density at radius 3 is 3.06 bits per heavy atom. The van der Waals surface area contributed by atoms with Gasteiger partial charge in [0, 0.05) is 6.07 Å². The highest BCUT2D eigenvalue weighted by molar-refractivity contribution is 5.96. The molecule has 0 radical (unpaired) electrons. The molecule has 1 saturated heterocycles. The van der Waals surface area contributed by atoms with Crippen LogP contribution in [0.5, 0.6) is 11.5 Å². The van der Waals surface area contributed by atoms with E-state index >= 15 is 0 Å². The number of amides is 1. The minimum atomic E-state index is -0.166. The van der Waals surface area contributed by atoms with Gasteiger partial charge in [0.15, 0.2) is 0 Å². The van der Waals surface area contributed by atoms with Gasteiger partial charge in [-0.15, -0.1) is 0 Å². The first kappa shape index (κ1) is 11.7. The molecule has 1 fully saturated rings. The first-order valence-electron chi connectivity index (χ1n) is 5.62. The van der Waals surface area contributed by atoms with Crippen molar-refractivity contribution >= 4 is 11.6 Å². The summed E-state index contributed by atoms with van der Waals surface area (Å²) in [5.41, 5.74) is 0.378. The fourth-order valence-corrected chi connectivity index (χ4v) is 1.87. The second-order valence-electron chi connectivity index (χ2n) is 4.02. The number of phenolic OH excluding ortho intramolecular Hbond substituents is 1. The maximum absolute atomic E-state index is 11.8. The summed E-state index contributed by atoms with van der Waals surface area (Å²) >= 11 is 0. The zero-order valence-electron chi connectivity index (χ0n) is 9.69. The van der Waals surface area contributed by atoms with Crippen LogP contribution in [-0.4, -0.2) is 30.7 Å². The van der Waals surface area contributed by atoms with Crippen molar-refractivity contribution in [2.75, 3.05) is 19.0 Å². The number of phenols is 1. The van der Waals surface area contributed by atoms with E-state index in [0.29, 0.717) is 11.4 Å². The number of rotatable bonds is 3. The van der Waals surface area contributed by atoms with E-state index in [-0.39, 0.29) is 17.7 Å². The molecule has 0 spiro atoms. The molecule has 1 aromatic carbocycles. The SMILES string of the molecule is COc1ccc(O)c(NC(=O)[C@H]2CCCN2)c1. The van der Waals surface area contributed by atoms with E-state index in [4.69, 9.17) is 4.74 Å². The normalized spacial score (nSPS) is 19.0. The minimum Gasteiger partial charge on any atom is -0.506 e. The molecule has 1 aromatic rings. The van der Waals surface area contributed by atoms with Crippen LogP contribution in [0.2, 0.25) is 0 Å². The minimum absolute atomic E-state index is 0.0390. The number of ether oxygens (including phenoxy) is 1. The van der Waals surface area contributed by atoms with Crippen molar-refractivity contribution in [3.8, 4) is 11.5 Å². The molecule has 1 amide bonds. The second-order valence-corrected chi connectivity index (χ2v) is 4.02. The Morgan fingerprint density at radius 1 is 1.59 bits per heavy atom. The molecule has 0 bridgehead atoms. The van der Waals surface area contributed by atoms with Gasteiger partial charge >= 0.3 is 0 Å². The number of methoxy groups -OCH3 is 1. The third kappa shape index (κ3) is 2.68. The standard InChI is InChI=1S/C12H16N2O3/c1-17-8-4-5-11(15)10(7-8)14-12(16)9-3-2-6-13-9/h4-5,7,9,13,15H,2-3,6H2,1H3,(H,14,16)/t9-/m1/s1. The van der Waals surface area contributed by atoms with Crippen LogP contribution < -0.4 is 15.4 Å². The van der Waals surface area contributed by atoms with E-state index in [2.05, 4.69) is 10.6 Å². The number of aromatic hydroxyl groups is 1. The molecule has 1 heterocycles. The highest BCUT2D eigenvalue weighted by atomic mass is 16.5. The smallest absolute Gasteiger partial charge is 0.241 e. The summed E-state index contributed by atoms with van der Waals surface area (Å²) in [6.45, 7) is 0.863. The molecular weight excluding hydrogens is 220 g/mol. The van der Waals surface area contributed by atoms with Crippen molar-refractivity contribution in [2.45, 2.75) is 18.9 Å². The number of anilines is 1. The topological polar surface area (TPSA) is 70.6 Å². The molecule has 0 aliphatic carbocycles. The lowest BCUT2D eigenvalue weighted by Gasteiger charge is -2.12. The van der Waals surface area contributed by atoms with Crippen LogP contribution in [0.15, 0.2) is 18.2 Å². The molecular formula is C12H16N2O3. The van der Waals surface area contributed by atoms with Crippen LogP contribution >= 0.6 is 0 Å². The van der Waals surface area contributed by atoms with Crippen molar-refractivity contribution in [1.29, 1.82) is 0 Å². The number of hydrogen-bond donors (Lipinski definition) is 3. The number of carbonyl (C=O) groups is 1. The molecule has 5 heteroatoms. The highest BCUT2D eigenvalue weighted by Crippen LogP contribution is 2.28.